The summed E-state index contributed by atoms with van der Waals surface area (Å²) in [5, 5.41) is 6.36. The third-order valence-corrected chi connectivity index (χ3v) is 5.02. The molecule has 130 valence electrons. The lowest BCUT2D eigenvalue weighted by atomic mass is 9.86. The predicted molar refractivity (Wildman–Crippen MR) is 109 cm³/mol. The van der Waals surface area contributed by atoms with Gasteiger partial charge in [-0.3, -0.25) is 0 Å². The molecule has 3 aromatic carbocycles. The van der Waals surface area contributed by atoms with Crippen molar-refractivity contribution in [1.29, 1.82) is 0 Å². The molecular weight excluding hydrogens is 302 g/mol. The van der Waals surface area contributed by atoms with E-state index in [0.717, 1.165) is 6.54 Å². The molecule has 0 aliphatic heterocycles. The minimum Gasteiger partial charge on any atom is -0.304 e. The Balaban J connectivity index is 1.79. The largest absolute Gasteiger partial charge is 0.304 e. The summed E-state index contributed by atoms with van der Waals surface area (Å²) in [6, 6.07) is 24.2. The molecule has 0 atom stereocenters. The zero-order valence-corrected chi connectivity index (χ0v) is 16.1. The summed E-state index contributed by atoms with van der Waals surface area (Å²) in [4.78, 5) is 0. The number of nitrogens with one attached hydrogen (secondary N) is 1. The maximum absolute atomic E-state index is 3.74. The number of hydrogen-bond acceptors (Lipinski definition) is 1. The molecule has 0 spiro atoms. The van der Waals surface area contributed by atoms with E-state index in [9.17, 15) is 0 Å². The summed E-state index contributed by atoms with van der Waals surface area (Å²) in [5.41, 5.74) is 4.15. The molecule has 1 nitrogen and oxygen atoms in total. The predicted octanol–water partition coefficient (Wildman–Crippen LogP) is 6.16. The molecule has 0 fully saturated rings. The Morgan fingerprint density at radius 1 is 0.720 bits per heavy atom. The summed E-state index contributed by atoms with van der Waals surface area (Å²) < 4.78 is 0. The molecule has 0 radical (unpaired) electrons. The molecule has 25 heavy (non-hydrogen) atoms. The summed E-state index contributed by atoms with van der Waals surface area (Å²) in [6.07, 6.45) is 0. The SMILES string of the molecule is CC(C)(C)c1ccc(CNC(C)(C)c2cccc3ccccc23)cc1. The second-order valence-electron chi connectivity index (χ2n) is 8.45. The van der Waals surface area contributed by atoms with E-state index in [2.05, 4.69) is 107 Å². The lowest BCUT2D eigenvalue weighted by Gasteiger charge is -2.29. The fourth-order valence-electron chi connectivity index (χ4n) is 3.31. The maximum Gasteiger partial charge on any atom is 0.0386 e. The van der Waals surface area contributed by atoms with Gasteiger partial charge in [0.1, 0.15) is 0 Å². The van der Waals surface area contributed by atoms with Gasteiger partial charge in [-0.05, 0) is 46.7 Å². The molecule has 0 saturated carbocycles. The Morgan fingerprint density at radius 3 is 2.04 bits per heavy atom. The molecule has 0 heterocycles. The second kappa shape index (κ2) is 6.65. The van der Waals surface area contributed by atoms with Crippen molar-refractivity contribution >= 4 is 10.8 Å². The van der Waals surface area contributed by atoms with Crippen LogP contribution in [0.3, 0.4) is 0 Å². The first-order chi connectivity index (χ1) is 11.8. The lowest BCUT2D eigenvalue weighted by molar-refractivity contribution is 0.404. The summed E-state index contributed by atoms with van der Waals surface area (Å²) in [5.74, 6) is 0. The smallest absolute Gasteiger partial charge is 0.0386 e. The third-order valence-electron chi connectivity index (χ3n) is 5.02. The zero-order chi connectivity index (χ0) is 18.1. The average Bonchev–Trinajstić information content (AvgIpc) is 2.59. The van der Waals surface area contributed by atoms with Gasteiger partial charge >= 0.3 is 0 Å². The Morgan fingerprint density at radius 2 is 1.36 bits per heavy atom. The van der Waals surface area contributed by atoms with Crippen LogP contribution in [-0.4, -0.2) is 0 Å². The van der Waals surface area contributed by atoms with Crippen molar-refractivity contribution in [1.82, 2.24) is 5.32 Å². The van der Waals surface area contributed by atoms with Gasteiger partial charge in [0.25, 0.3) is 0 Å². The Bertz CT molecular complexity index is 846. The number of benzene rings is 3. The van der Waals surface area contributed by atoms with Crippen LogP contribution in [0.2, 0.25) is 0 Å². The van der Waals surface area contributed by atoms with Gasteiger partial charge in [-0.25, -0.2) is 0 Å². The van der Waals surface area contributed by atoms with Crippen LogP contribution in [0.15, 0.2) is 66.7 Å². The topological polar surface area (TPSA) is 12.0 Å². The first-order valence-corrected chi connectivity index (χ1v) is 9.10. The highest BCUT2D eigenvalue weighted by Crippen LogP contribution is 2.29. The van der Waals surface area contributed by atoms with Crippen molar-refractivity contribution in [3.63, 3.8) is 0 Å². The van der Waals surface area contributed by atoms with Crippen LogP contribution in [0.25, 0.3) is 10.8 Å². The fourth-order valence-corrected chi connectivity index (χ4v) is 3.31. The first kappa shape index (κ1) is 17.7. The van der Waals surface area contributed by atoms with Gasteiger partial charge in [0.05, 0.1) is 0 Å². The quantitative estimate of drug-likeness (QED) is 0.603. The summed E-state index contributed by atoms with van der Waals surface area (Å²) >= 11 is 0. The average molecular weight is 332 g/mol. The fraction of sp³-hybridized carbons (Fsp3) is 0.333. The number of fused-ring (bicyclic) bond motifs is 1. The maximum atomic E-state index is 3.74. The van der Waals surface area contributed by atoms with Crippen LogP contribution in [0.5, 0.6) is 0 Å². The monoisotopic (exact) mass is 331 g/mol. The summed E-state index contributed by atoms with van der Waals surface area (Å²) in [6.45, 7) is 12.1. The van der Waals surface area contributed by atoms with Crippen molar-refractivity contribution in [3.8, 4) is 0 Å². The van der Waals surface area contributed by atoms with E-state index < -0.39 is 0 Å². The molecule has 0 aromatic heterocycles. The van der Waals surface area contributed by atoms with Crippen LogP contribution in [-0.2, 0) is 17.5 Å². The van der Waals surface area contributed by atoms with Crippen molar-refractivity contribution < 1.29 is 0 Å². The lowest BCUT2D eigenvalue weighted by Crippen LogP contribution is -2.36. The van der Waals surface area contributed by atoms with E-state index in [4.69, 9.17) is 0 Å². The van der Waals surface area contributed by atoms with Crippen LogP contribution in [0.4, 0.5) is 0 Å². The van der Waals surface area contributed by atoms with Gasteiger partial charge < -0.3 is 5.32 Å². The molecule has 0 bridgehead atoms. The Hall–Kier alpha value is -2.12. The first-order valence-electron chi connectivity index (χ1n) is 9.10. The minimum absolute atomic E-state index is 0.0937. The van der Waals surface area contributed by atoms with E-state index in [1.54, 1.807) is 0 Å². The van der Waals surface area contributed by atoms with Crippen molar-refractivity contribution in [3.05, 3.63) is 83.4 Å². The van der Waals surface area contributed by atoms with E-state index in [1.807, 2.05) is 0 Å². The van der Waals surface area contributed by atoms with Crippen molar-refractivity contribution in [2.45, 2.75) is 52.1 Å². The van der Waals surface area contributed by atoms with Gasteiger partial charge in [0.2, 0.25) is 0 Å². The third kappa shape index (κ3) is 3.93. The van der Waals surface area contributed by atoms with Gasteiger partial charge in [-0.2, -0.15) is 0 Å². The van der Waals surface area contributed by atoms with Crippen molar-refractivity contribution in [2.24, 2.45) is 0 Å². The van der Waals surface area contributed by atoms with Crippen molar-refractivity contribution in [2.75, 3.05) is 0 Å². The highest BCUT2D eigenvalue weighted by molar-refractivity contribution is 5.86. The molecule has 1 N–H and O–H groups in total. The van der Waals surface area contributed by atoms with Gasteiger partial charge in [0.15, 0.2) is 0 Å². The molecule has 0 aliphatic rings. The normalized spacial score (nSPS) is 12.5. The highest BCUT2D eigenvalue weighted by Gasteiger charge is 2.22. The number of rotatable bonds is 4. The number of hydrogen-bond donors (Lipinski definition) is 1. The standard InChI is InChI=1S/C24H29N/c1-23(2,3)20-15-13-18(14-16-20)17-25-24(4,5)22-12-8-10-19-9-6-7-11-21(19)22/h6-16,25H,17H2,1-5H3. The molecule has 0 aliphatic carbocycles. The summed E-state index contributed by atoms with van der Waals surface area (Å²) in [7, 11) is 0. The Kier molecular flexibility index (Phi) is 4.71. The molecule has 0 unspecified atom stereocenters. The van der Waals surface area contributed by atoms with Gasteiger partial charge in [-0.1, -0.05) is 87.5 Å². The van der Waals surface area contributed by atoms with Crippen LogP contribution >= 0.6 is 0 Å². The zero-order valence-electron chi connectivity index (χ0n) is 16.1. The van der Waals surface area contributed by atoms with Crippen LogP contribution in [0, 0.1) is 0 Å². The molecular formula is C24H29N. The molecule has 0 saturated heterocycles. The van der Waals surface area contributed by atoms with Crippen LogP contribution < -0.4 is 5.32 Å². The minimum atomic E-state index is -0.0937. The van der Waals surface area contributed by atoms with E-state index in [1.165, 1.54) is 27.5 Å². The van der Waals surface area contributed by atoms with Gasteiger partial charge in [-0.15, -0.1) is 0 Å². The van der Waals surface area contributed by atoms with Gasteiger partial charge in [0, 0.05) is 12.1 Å². The molecule has 0 amide bonds. The second-order valence-corrected chi connectivity index (χ2v) is 8.45. The van der Waals surface area contributed by atoms with Crippen LogP contribution in [0.1, 0.15) is 51.3 Å². The molecule has 3 rings (SSSR count). The van der Waals surface area contributed by atoms with E-state index >= 15 is 0 Å². The molecule has 3 aromatic rings. The highest BCUT2D eigenvalue weighted by atomic mass is 15.0. The molecule has 1 heteroatoms. The van der Waals surface area contributed by atoms with E-state index in [0.29, 0.717) is 0 Å². The van der Waals surface area contributed by atoms with E-state index in [-0.39, 0.29) is 11.0 Å². The Labute approximate surface area is 152 Å².